The topological polar surface area (TPSA) is 84.9 Å². The Morgan fingerprint density at radius 1 is 0.703 bits per heavy atom. The zero-order chi connectivity index (χ0) is 25.9. The lowest BCUT2D eigenvalue weighted by molar-refractivity contribution is -0.140. The Balaban J connectivity index is 1.53. The summed E-state index contributed by atoms with van der Waals surface area (Å²) >= 11 is 0. The van der Waals surface area contributed by atoms with E-state index in [0.717, 1.165) is 22.3 Å². The number of aliphatic carboxylic acids is 1. The van der Waals surface area contributed by atoms with Gasteiger partial charge in [-0.1, -0.05) is 121 Å². The van der Waals surface area contributed by atoms with Gasteiger partial charge in [-0.05, 0) is 22.3 Å². The number of nitrogens with one attached hydrogen (secondary N) is 1. The Labute approximate surface area is 216 Å². The standard InChI is InChI=1S/C31H29NO5/c33-29(34)28(32-30(35)36-23-24-13-5-1-6-14-24)21-22-37-31(25-15-7-2-8-16-25,26-17-9-3-10-18-26)27-19-11-4-12-20-27/h1-20,28H,21-23H2,(H,32,35)(H,33,34)/t28-/m0/s1. The molecule has 0 saturated carbocycles. The van der Waals surface area contributed by atoms with Crippen LogP contribution >= 0.6 is 0 Å². The van der Waals surface area contributed by atoms with E-state index < -0.39 is 23.7 Å². The fourth-order valence-corrected chi connectivity index (χ4v) is 4.26. The van der Waals surface area contributed by atoms with Crippen molar-refractivity contribution in [2.45, 2.75) is 24.7 Å². The molecule has 0 bridgehead atoms. The molecule has 0 aliphatic rings. The summed E-state index contributed by atoms with van der Waals surface area (Å²) in [6, 6.07) is 37.5. The number of carboxylic acids is 1. The third-order valence-corrected chi connectivity index (χ3v) is 6.07. The van der Waals surface area contributed by atoms with Gasteiger partial charge in [0.05, 0.1) is 6.61 Å². The average molecular weight is 496 g/mol. The highest BCUT2D eigenvalue weighted by Crippen LogP contribution is 2.40. The van der Waals surface area contributed by atoms with Crippen molar-refractivity contribution in [2.75, 3.05) is 6.61 Å². The number of hydrogen-bond acceptors (Lipinski definition) is 4. The molecule has 0 radical (unpaired) electrons. The van der Waals surface area contributed by atoms with E-state index in [2.05, 4.69) is 5.32 Å². The van der Waals surface area contributed by atoms with Crippen LogP contribution in [-0.2, 0) is 26.5 Å². The van der Waals surface area contributed by atoms with Gasteiger partial charge in [0.25, 0.3) is 0 Å². The van der Waals surface area contributed by atoms with E-state index in [-0.39, 0.29) is 19.6 Å². The fourth-order valence-electron chi connectivity index (χ4n) is 4.26. The summed E-state index contributed by atoms with van der Waals surface area (Å²) in [5, 5.41) is 12.2. The zero-order valence-corrected chi connectivity index (χ0v) is 20.3. The summed E-state index contributed by atoms with van der Waals surface area (Å²) in [4.78, 5) is 24.3. The lowest BCUT2D eigenvalue weighted by atomic mass is 9.80. The summed E-state index contributed by atoms with van der Waals surface area (Å²) in [7, 11) is 0. The second-order valence-corrected chi connectivity index (χ2v) is 8.51. The van der Waals surface area contributed by atoms with Gasteiger partial charge in [-0.2, -0.15) is 0 Å². The summed E-state index contributed by atoms with van der Waals surface area (Å²) in [5.74, 6) is -1.16. The van der Waals surface area contributed by atoms with Crippen molar-refractivity contribution in [3.63, 3.8) is 0 Å². The van der Waals surface area contributed by atoms with Crippen molar-refractivity contribution in [2.24, 2.45) is 0 Å². The van der Waals surface area contributed by atoms with E-state index in [1.165, 1.54) is 0 Å². The van der Waals surface area contributed by atoms with Crippen molar-refractivity contribution in [1.29, 1.82) is 0 Å². The van der Waals surface area contributed by atoms with Crippen LogP contribution in [0.15, 0.2) is 121 Å². The second kappa shape index (κ2) is 12.5. The molecular formula is C31H29NO5. The smallest absolute Gasteiger partial charge is 0.408 e. The lowest BCUT2D eigenvalue weighted by Crippen LogP contribution is -2.42. The number of amides is 1. The molecule has 0 saturated heterocycles. The van der Waals surface area contributed by atoms with Crippen LogP contribution in [0.5, 0.6) is 0 Å². The van der Waals surface area contributed by atoms with E-state index in [4.69, 9.17) is 9.47 Å². The van der Waals surface area contributed by atoms with Crippen LogP contribution < -0.4 is 5.32 Å². The number of carbonyl (C=O) groups is 2. The summed E-state index contributed by atoms with van der Waals surface area (Å²) in [6.45, 7) is 0.114. The van der Waals surface area contributed by atoms with Gasteiger partial charge >= 0.3 is 12.1 Å². The van der Waals surface area contributed by atoms with Crippen LogP contribution in [0.25, 0.3) is 0 Å². The maximum Gasteiger partial charge on any atom is 0.408 e. The third kappa shape index (κ3) is 6.42. The molecule has 6 nitrogen and oxygen atoms in total. The average Bonchev–Trinajstić information content (AvgIpc) is 2.95. The number of hydrogen-bond donors (Lipinski definition) is 2. The highest BCUT2D eigenvalue weighted by atomic mass is 16.5. The SMILES string of the molecule is O=C(N[C@@H](CCOC(c1ccccc1)(c1ccccc1)c1ccccc1)C(=O)O)OCc1ccccc1. The molecule has 1 amide bonds. The molecule has 4 aromatic rings. The van der Waals surface area contributed by atoms with Gasteiger partial charge in [0.2, 0.25) is 0 Å². The highest BCUT2D eigenvalue weighted by molar-refractivity contribution is 5.79. The van der Waals surface area contributed by atoms with Crippen LogP contribution in [0.4, 0.5) is 4.79 Å². The van der Waals surface area contributed by atoms with E-state index in [9.17, 15) is 14.7 Å². The Morgan fingerprint density at radius 2 is 1.14 bits per heavy atom. The maximum atomic E-state index is 12.3. The molecule has 0 aliphatic carbocycles. The van der Waals surface area contributed by atoms with Gasteiger partial charge in [0.15, 0.2) is 0 Å². The van der Waals surface area contributed by atoms with E-state index >= 15 is 0 Å². The van der Waals surface area contributed by atoms with Crippen LogP contribution in [-0.4, -0.2) is 29.8 Å². The minimum absolute atomic E-state index is 0.0457. The van der Waals surface area contributed by atoms with Crippen LogP contribution in [0.2, 0.25) is 0 Å². The minimum atomic E-state index is -1.18. The van der Waals surface area contributed by atoms with Crippen molar-refractivity contribution >= 4 is 12.1 Å². The minimum Gasteiger partial charge on any atom is -0.480 e. The maximum absolute atomic E-state index is 12.3. The first kappa shape index (κ1) is 25.7. The molecule has 6 heteroatoms. The molecule has 2 N–H and O–H groups in total. The molecule has 37 heavy (non-hydrogen) atoms. The molecule has 0 aliphatic heterocycles. The zero-order valence-electron chi connectivity index (χ0n) is 20.3. The second-order valence-electron chi connectivity index (χ2n) is 8.51. The highest BCUT2D eigenvalue weighted by Gasteiger charge is 2.37. The summed E-state index contributed by atoms with van der Waals surface area (Å²) in [6.07, 6.45) is -0.749. The molecule has 0 heterocycles. The summed E-state index contributed by atoms with van der Waals surface area (Å²) < 4.78 is 11.8. The number of rotatable bonds is 11. The van der Waals surface area contributed by atoms with E-state index in [1.54, 1.807) is 0 Å². The molecule has 0 fully saturated rings. The largest absolute Gasteiger partial charge is 0.480 e. The quantitative estimate of drug-likeness (QED) is 0.258. The van der Waals surface area contributed by atoms with Gasteiger partial charge in [-0.3, -0.25) is 0 Å². The monoisotopic (exact) mass is 495 g/mol. The van der Waals surface area contributed by atoms with Crippen LogP contribution in [0.3, 0.4) is 0 Å². The van der Waals surface area contributed by atoms with E-state index in [0.29, 0.717) is 0 Å². The predicted octanol–water partition coefficient (Wildman–Crippen LogP) is 5.76. The molecular weight excluding hydrogens is 466 g/mol. The number of benzene rings is 4. The van der Waals surface area contributed by atoms with Crippen molar-refractivity contribution in [1.82, 2.24) is 5.32 Å². The third-order valence-electron chi connectivity index (χ3n) is 6.07. The molecule has 0 unspecified atom stereocenters. The van der Waals surface area contributed by atoms with Crippen molar-refractivity contribution < 1.29 is 24.2 Å². The molecule has 0 aromatic heterocycles. The van der Waals surface area contributed by atoms with Crippen LogP contribution in [0.1, 0.15) is 28.7 Å². The van der Waals surface area contributed by atoms with Gasteiger partial charge in [-0.15, -0.1) is 0 Å². The normalized spacial score (nSPS) is 11.9. The number of carbonyl (C=O) groups excluding carboxylic acids is 1. The van der Waals surface area contributed by atoms with Crippen molar-refractivity contribution in [3.05, 3.63) is 144 Å². The molecule has 4 aromatic carbocycles. The van der Waals surface area contributed by atoms with Crippen molar-refractivity contribution in [3.8, 4) is 0 Å². The fraction of sp³-hybridized carbons (Fsp3) is 0.161. The Bertz CT molecular complexity index is 1170. The van der Waals surface area contributed by atoms with Crippen LogP contribution in [0, 0.1) is 0 Å². The molecule has 0 spiro atoms. The predicted molar refractivity (Wildman–Crippen MR) is 141 cm³/mol. The lowest BCUT2D eigenvalue weighted by Gasteiger charge is -2.36. The molecule has 4 rings (SSSR count). The first-order valence-corrected chi connectivity index (χ1v) is 12.1. The Kier molecular flexibility index (Phi) is 8.68. The van der Waals surface area contributed by atoms with Gasteiger partial charge < -0.3 is 19.9 Å². The summed E-state index contributed by atoms with van der Waals surface area (Å²) in [5.41, 5.74) is 2.57. The number of ether oxygens (including phenoxy) is 2. The number of alkyl carbamates (subject to hydrolysis) is 1. The van der Waals surface area contributed by atoms with E-state index in [1.807, 2.05) is 121 Å². The molecule has 188 valence electrons. The van der Waals surface area contributed by atoms with Gasteiger partial charge in [-0.25, -0.2) is 9.59 Å². The Hall–Kier alpha value is -4.42. The number of carboxylic acid groups (broad SMARTS) is 1. The Morgan fingerprint density at radius 3 is 1.57 bits per heavy atom. The van der Waals surface area contributed by atoms with Gasteiger partial charge in [0.1, 0.15) is 18.2 Å². The first-order valence-electron chi connectivity index (χ1n) is 12.1. The first-order chi connectivity index (χ1) is 18.1. The molecule has 1 atom stereocenters. The van der Waals surface area contributed by atoms with Gasteiger partial charge in [0, 0.05) is 6.42 Å².